The van der Waals surface area contributed by atoms with E-state index in [1.54, 1.807) is 13.0 Å². The zero-order valence-corrected chi connectivity index (χ0v) is 23.2. The third-order valence-electron chi connectivity index (χ3n) is 8.09. The average molecular weight is 598 g/mol. The number of amides is 3. The van der Waals surface area contributed by atoms with Gasteiger partial charge in [0.05, 0.1) is 11.8 Å². The van der Waals surface area contributed by atoms with Gasteiger partial charge in [-0.1, -0.05) is 71.4 Å². The molecule has 5 nitrogen and oxygen atoms in total. The SMILES string of the molecule is CCc1cc(Br)ccc1NC(=O)[C@@H](C)N1C(=O)[C@@H]2[C@H](C1=O)C1(Cl)c3ccccc3C2(Cl)c2ccccc21. The lowest BCUT2D eigenvalue weighted by molar-refractivity contribution is -0.146. The molecule has 2 bridgehead atoms. The van der Waals surface area contributed by atoms with Crippen LogP contribution in [-0.4, -0.2) is 28.7 Å². The van der Waals surface area contributed by atoms with Crippen molar-refractivity contribution in [2.45, 2.75) is 36.1 Å². The standard InChI is InChI=1S/C29H23BrCl2N2O3/c1-3-16-14-17(30)12-13-22(16)33-25(35)15(2)34-26(36)23-24(27(34)37)29(32)19-9-5-4-8-18(19)28(23,31)20-10-6-7-11-21(20)29/h4-15,23-24H,3H2,1-2H3,(H,33,35)/t15-,23-,24+,28?,29?/m1/s1. The second-order valence-electron chi connectivity index (χ2n) is 9.84. The Morgan fingerprint density at radius 2 is 1.38 bits per heavy atom. The molecule has 3 amide bonds. The second kappa shape index (κ2) is 8.42. The first-order valence-electron chi connectivity index (χ1n) is 12.2. The predicted octanol–water partition coefficient (Wildman–Crippen LogP) is 5.93. The Morgan fingerprint density at radius 3 is 1.81 bits per heavy atom. The largest absolute Gasteiger partial charge is 0.324 e. The molecule has 1 heterocycles. The Kier molecular flexibility index (Phi) is 5.61. The van der Waals surface area contributed by atoms with Crippen LogP contribution in [0.5, 0.6) is 0 Å². The van der Waals surface area contributed by atoms with Gasteiger partial charge in [-0.15, -0.1) is 23.2 Å². The Balaban J connectivity index is 1.43. The van der Waals surface area contributed by atoms with Crippen molar-refractivity contribution < 1.29 is 14.4 Å². The van der Waals surface area contributed by atoms with E-state index in [-0.39, 0.29) is 0 Å². The summed E-state index contributed by atoms with van der Waals surface area (Å²) in [4.78, 5) is 40.0. The molecule has 3 aliphatic carbocycles. The van der Waals surface area contributed by atoms with Crippen molar-refractivity contribution in [3.8, 4) is 0 Å². The fraction of sp³-hybridized carbons (Fsp3) is 0.276. The first-order chi connectivity index (χ1) is 17.6. The summed E-state index contributed by atoms with van der Waals surface area (Å²) in [5.74, 6) is -3.27. The van der Waals surface area contributed by atoms with Gasteiger partial charge in [-0.3, -0.25) is 19.3 Å². The van der Waals surface area contributed by atoms with Gasteiger partial charge in [0, 0.05) is 10.2 Å². The number of aryl methyl sites for hydroxylation is 1. The summed E-state index contributed by atoms with van der Waals surface area (Å²) in [5.41, 5.74) is 4.50. The van der Waals surface area contributed by atoms with Gasteiger partial charge in [0.2, 0.25) is 17.7 Å². The normalized spacial score (nSPS) is 28.0. The molecule has 4 aliphatic rings. The number of carbonyl (C=O) groups is 3. The van der Waals surface area contributed by atoms with E-state index in [1.165, 1.54) is 0 Å². The monoisotopic (exact) mass is 596 g/mol. The molecule has 3 atom stereocenters. The molecule has 1 fully saturated rings. The molecule has 7 rings (SSSR count). The Hall–Kier alpha value is -2.67. The number of hydrogen-bond donors (Lipinski definition) is 1. The van der Waals surface area contributed by atoms with Crippen molar-refractivity contribution in [2.75, 3.05) is 5.32 Å². The molecule has 1 saturated heterocycles. The number of benzene rings is 3. The highest BCUT2D eigenvalue weighted by molar-refractivity contribution is 9.10. The maximum Gasteiger partial charge on any atom is 0.247 e. The molecule has 3 aromatic rings. The van der Waals surface area contributed by atoms with Crippen LogP contribution in [0.2, 0.25) is 0 Å². The van der Waals surface area contributed by atoms with E-state index in [0.29, 0.717) is 12.1 Å². The van der Waals surface area contributed by atoms with Gasteiger partial charge < -0.3 is 5.32 Å². The molecule has 37 heavy (non-hydrogen) atoms. The highest BCUT2D eigenvalue weighted by Crippen LogP contribution is 2.69. The Labute approximate surface area is 233 Å². The molecule has 0 spiro atoms. The highest BCUT2D eigenvalue weighted by Gasteiger charge is 2.73. The lowest BCUT2D eigenvalue weighted by Crippen LogP contribution is -2.57. The maximum absolute atomic E-state index is 14.0. The molecule has 1 N–H and O–H groups in total. The molecular weight excluding hydrogens is 575 g/mol. The van der Waals surface area contributed by atoms with Crippen molar-refractivity contribution in [1.82, 2.24) is 4.90 Å². The van der Waals surface area contributed by atoms with Gasteiger partial charge in [-0.05, 0) is 59.4 Å². The van der Waals surface area contributed by atoms with Crippen LogP contribution in [0.1, 0.15) is 41.7 Å². The van der Waals surface area contributed by atoms with Gasteiger partial charge in [-0.25, -0.2) is 0 Å². The van der Waals surface area contributed by atoms with E-state index in [0.717, 1.165) is 37.2 Å². The van der Waals surface area contributed by atoms with E-state index in [1.807, 2.05) is 67.6 Å². The van der Waals surface area contributed by atoms with Crippen LogP contribution < -0.4 is 5.32 Å². The zero-order chi connectivity index (χ0) is 26.3. The van der Waals surface area contributed by atoms with E-state index in [2.05, 4.69) is 21.2 Å². The summed E-state index contributed by atoms with van der Waals surface area (Å²) in [6, 6.07) is 19.5. The van der Waals surface area contributed by atoms with Crippen molar-refractivity contribution in [3.63, 3.8) is 0 Å². The van der Waals surface area contributed by atoms with Crippen molar-refractivity contribution in [1.29, 1.82) is 0 Å². The van der Waals surface area contributed by atoms with Gasteiger partial charge in [0.25, 0.3) is 0 Å². The Bertz CT molecular complexity index is 1380. The lowest BCUT2D eigenvalue weighted by Gasteiger charge is -2.54. The molecule has 8 heteroatoms. The first kappa shape index (κ1) is 24.7. The number of nitrogens with zero attached hydrogens (tertiary/aromatic N) is 1. The number of alkyl halides is 2. The molecule has 3 aromatic carbocycles. The van der Waals surface area contributed by atoms with Crippen molar-refractivity contribution in [3.05, 3.63) is 99.0 Å². The summed E-state index contributed by atoms with van der Waals surface area (Å²) in [7, 11) is 0. The summed E-state index contributed by atoms with van der Waals surface area (Å²) in [5, 5.41) is 2.91. The number of halogens is 3. The van der Waals surface area contributed by atoms with Crippen LogP contribution >= 0.6 is 39.1 Å². The lowest BCUT2D eigenvalue weighted by atomic mass is 9.54. The maximum atomic E-state index is 14.0. The van der Waals surface area contributed by atoms with Crippen LogP contribution in [0, 0.1) is 11.8 Å². The van der Waals surface area contributed by atoms with Crippen LogP contribution in [-0.2, 0) is 30.6 Å². The van der Waals surface area contributed by atoms with Gasteiger partial charge in [0.15, 0.2) is 0 Å². The quantitative estimate of drug-likeness (QED) is 0.299. The Morgan fingerprint density at radius 1 is 0.919 bits per heavy atom. The fourth-order valence-corrected chi connectivity index (χ4v) is 7.91. The summed E-state index contributed by atoms with van der Waals surface area (Å²) in [6.07, 6.45) is 0.704. The number of imide groups is 1. The van der Waals surface area contributed by atoms with Gasteiger partial charge in [0.1, 0.15) is 15.8 Å². The molecular formula is C29H23BrCl2N2O3. The molecule has 188 valence electrons. The van der Waals surface area contributed by atoms with Crippen LogP contribution in [0.3, 0.4) is 0 Å². The van der Waals surface area contributed by atoms with E-state index >= 15 is 0 Å². The number of nitrogens with one attached hydrogen (secondary N) is 1. The van der Waals surface area contributed by atoms with Gasteiger partial charge >= 0.3 is 0 Å². The van der Waals surface area contributed by atoms with Crippen LogP contribution in [0.4, 0.5) is 5.69 Å². The molecule has 0 saturated carbocycles. The minimum absolute atomic E-state index is 0.452. The third-order valence-corrected chi connectivity index (χ3v) is 9.87. The number of anilines is 1. The van der Waals surface area contributed by atoms with E-state index in [4.69, 9.17) is 23.2 Å². The molecule has 1 aliphatic heterocycles. The van der Waals surface area contributed by atoms with Gasteiger partial charge in [-0.2, -0.15) is 0 Å². The average Bonchev–Trinajstić information content (AvgIpc) is 3.18. The number of hydrogen-bond acceptors (Lipinski definition) is 3. The molecule has 0 radical (unpaired) electrons. The van der Waals surface area contributed by atoms with Crippen molar-refractivity contribution in [2.24, 2.45) is 11.8 Å². The fourth-order valence-electron chi connectivity index (χ4n) is 6.40. The first-order valence-corrected chi connectivity index (χ1v) is 13.7. The second-order valence-corrected chi connectivity index (χ2v) is 11.9. The third kappa shape index (κ3) is 3.12. The summed E-state index contributed by atoms with van der Waals surface area (Å²) in [6.45, 7) is 3.56. The zero-order valence-electron chi connectivity index (χ0n) is 20.1. The predicted molar refractivity (Wildman–Crippen MR) is 147 cm³/mol. The smallest absolute Gasteiger partial charge is 0.247 e. The topological polar surface area (TPSA) is 66.5 Å². The highest BCUT2D eigenvalue weighted by atomic mass is 79.9. The molecule has 0 unspecified atom stereocenters. The number of rotatable bonds is 4. The minimum atomic E-state index is -1.27. The van der Waals surface area contributed by atoms with E-state index < -0.39 is 45.3 Å². The number of carbonyl (C=O) groups excluding carboxylic acids is 3. The summed E-state index contributed by atoms with van der Waals surface area (Å²) >= 11 is 18.4. The minimum Gasteiger partial charge on any atom is -0.324 e. The summed E-state index contributed by atoms with van der Waals surface area (Å²) < 4.78 is 0.902. The molecule has 0 aromatic heterocycles. The van der Waals surface area contributed by atoms with Crippen molar-refractivity contribution >= 4 is 62.5 Å². The number of likely N-dealkylation sites (tertiary alicyclic amines) is 1. The van der Waals surface area contributed by atoms with E-state index in [9.17, 15) is 14.4 Å². The van der Waals surface area contributed by atoms with Crippen LogP contribution in [0.15, 0.2) is 71.2 Å². The van der Waals surface area contributed by atoms with Crippen LogP contribution in [0.25, 0.3) is 0 Å².